The number of carbonyl (C=O) groups is 2. The lowest BCUT2D eigenvalue weighted by atomic mass is 10.1. The summed E-state index contributed by atoms with van der Waals surface area (Å²) in [5.41, 5.74) is 1.19. The minimum atomic E-state index is -0.573. The molecule has 0 spiro atoms. The van der Waals surface area contributed by atoms with Gasteiger partial charge in [0.1, 0.15) is 11.1 Å². The first-order chi connectivity index (χ1) is 12.5. The molecule has 0 radical (unpaired) electrons. The van der Waals surface area contributed by atoms with Gasteiger partial charge < -0.3 is 24.9 Å². The lowest BCUT2D eigenvalue weighted by Crippen LogP contribution is -2.28. The molecule has 3 N–H and O–H groups in total. The first-order valence-corrected chi connectivity index (χ1v) is 7.71. The van der Waals surface area contributed by atoms with Gasteiger partial charge in [0.05, 0.1) is 11.4 Å². The van der Waals surface area contributed by atoms with Crippen molar-refractivity contribution in [3.63, 3.8) is 0 Å². The van der Waals surface area contributed by atoms with Gasteiger partial charge in [0.25, 0.3) is 23.1 Å². The summed E-state index contributed by atoms with van der Waals surface area (Å²) in [5.74, 6) is -0.419. The van der Waals surface area contributed by atoms with Gasteiger partial charge in [-0.2, -0.15) is 4.98 Å². The van der Waals surface area contributed by atoms with Gasteiger partial charge in [-0.15, -0.1) is 0 Å². The summed E-state index contributed by atoms with van der Waals surface area (Å²) in [4.78, 5) is 42.0. The minimum Gasteiger partial charge on any atom is -0.482 e. The van der Waals surface area contributed by atoms with Crippen molar-refractivity contribution in [2.45, 2.75) is 13.5 Å². The van der Waals surface area contributed by atoms with Gasteiger partial charge in [-0.1, -0.05) is 11.2 Å². The van der Waals surface area contributed by atoms with Gasteiger partial charge in [-0.3, -0.25) is 14.4 Å². The first kappa shape index (κ1) is 15.8. The monoisotopic (exact) mass is 355 g/mol. The highest BCUT2D eigenvalue weighted by Crippen LogP contribution is 2.28. The number of carbonyl (C=O) groups excluding carboxylic acids is 2. The molecule has 0 aliphatic carbocycles. The number of nitrogens with one attached hydrogen (secondary N) is 3. The highest BCUT2D eigenvalue weighted by atomic mass is 16.5. The van der Waals surface area contributed by atoms with E-state index >= 15 is 0 Å². The molecule has 132 valence electrons. The average Bonchev–Trinajstić information content (AvgIpc) is 3.00. The van der Waals surface area contributed by atoms with E-state index < -0.39 is 11.5 Å². The van der Waals surface area contributed by atoms with E-state index in [-0.39, 0.29) is 36.0 Å². The second-order valence-corrected chi connectivity index (χ2v) is 5.71. The maximum absolute atomic E-state index is 12.3. The number of nitrogens with zero attached hydrogens (tertiary/aromatic N) is 2. The number of fused-ring (bicyclic) bond motifs is 2. The molecule has 3 heterocycles. The van der Waals surface area contributed by atoms with Crippen LogP contribution in [0.2, 0.25) is 0 Å². The molecular weight excluding hydrogens is 342 g/mol. The Morgan fingerprint density at radius 1 is 1.35 bits per heavy atom. The number of H-pyrrole nitrogens is 1. The zero-order chi connectivity index (χ0) is 18.3. The van der Waals surface area contributed by atoms with Crippen LogP contribution >= 0.6 is 0 Å². The molecule has 1 aliphatic rings. The van der Waals surface area contributed by atoms with Crippen molar-refractivity contribution in [2.24, 2.45) is 0 Å². The largest absolute Gasteiger partial charge is 0.482 e. The second-order valence-electron chi connectivity index (χ2n) is 5.71. The fourth-order valence-corrected chi connectivity index (χ4v) is 2.61. The molecule has 2 aromatic heterocycles. The molecule has 10 nitrogen and oxygen atoms in total. The number of amides is 2. The highest BCUT2D eigenvalue weighted by Gasteiger charge is 2.18. The van der Waals surface area contributed by atoms with Crippen LogP contribution in [0.4, 0.5) is 5.69 Å². The smallest absolute Gasteiger partial charge is 0.287 e. The van der Waals surface area contributed by atoms with Crippen molar-refractivity contribution in [3.05, 3.63) is 45.6 Å². The van der Waals surface area contributed by atoms with Crippen molar-refractivity contribution in [2.75, 3.05) is 11.9 Å². The summed E-state index contributed by atoms with van der Waals surface area (Å²) in [6.45, 7) is 1.76. The lowest BCUT2D eigenvalue weighted by Gasteiger charge is -2.18. The van der Waals surface area contributed by atoms with E-state index in [1.54, 1.807) is 25.1 Å². The third kappa shape index (κ3) is 2.77. The molecule has 0 atom stereocenters. The van der Waals surface area contributed by atoms with Crippen molar-refractivity contribution in [1.82, 2.24) is 20.4 Å². The lowest BCUT2D eigenvalue weighted by molar-refractivity contribution is -0.118. The quantitative estimate of drug-likeness (QED) is 0.621. The number of benzene rings is 1. The Morgan fingerprint density at radius 2 is 2.19 bits per heavy atom. The number of anilines is 1. The molecule has 0 fully saturated rings. The fourth-order valence-electron chi connectivity index (χ4n) is 2.61. The highest BCUT2D eigenvalue weighted by molar-refractivity contribution is 5.95. The normalized spacial score (nSPS) is 13.0. The summed E-state index contributed by atoms with van der Waals surface area (Å²) in [7, 11) is 0. The van der Waals surface area contributed by atoms with E-state index in [9.17, 15) is 14.4 Å². The molecule has 0 bridgehead atoms. The van der Waals surface area contributed by atoms with Crippen molar-refractivity contribution >= 4 is 28.6 Å². The van der Waals surface area contributed by atoms with Crippen molar-refractivity contribution in [1.29, 1.82) is 0 Å². The van der Waals surface area contributed by atoms with Crippen LogP contribution in [-0.4, -0.2) is 33.5 Å². The number of aryl methyl sites for hydroxylation is 1. The molecule has 1 aliphatic heterocycles. The first-order valence-electron chi connectivity index (χ1n) is 7.71. The number of aromatic nitrogens is 3. The topological polar surface area (TPSA) is 139 Å². The van der Waals surface area contributed by atoms with Crippen molar-refractivity contribution < 1.29 is 18.8 Å². The number of ether oxygens (including phenoxy) is 1. The van der Waals surface area contributed by atoms with Crippen LogP contribution < -0.4 is 20.9 Å². The van der Waals surface area contributed by atoms with Crippen LogP contribution in [0.15, 0.2) is 27.5 Å². The SMILES string of the molecule is Cc1noc2nc(C(=O)NCc3ccc4c(c3)NC(=O)CO4)[nH]c(=O)c12. The van der Waals surface area contributed by atoms with E-state index in [2.05, 4.69) is 25.8 Å². The molecule has 26 heavy (non-hydrogen) atoms. The summed E-state index contributed by atoms with van der Waals surface area (Å²) in [6, 6.07) is 5.17. The van der Waals surface area contributed by atoms with Gasteiger partial charge in [-0.25, -0.2) is 0 Å². The van der Waals surface area contributed by atoms with Crippen molar-refractivity contribution in [3.8, 4) is 5.75 Å². The van der Waals surface area contributed by atoms with Gasteiger partial charge in [0.15, 0.2) is 6.61 Å². The van der Waals surface area contributed by atoms with Crippen LogP contribution in [0, 0.1) is 6.92 Å². The Bertz CT molecular complexity index is 1100. The van der Waals surface area contributed by atoms with Crippen LogP contribution in [0.3, 0.4) is 0 Å². The van der Waals surface area contributed by atoms with Gasteiger partial charge in [0.2, 0.25) is 5.82 Å². The van der Waals surface area contributed by atoms with Gasteiger partial charge in [0, 0.05) is 6.54 Å². The molecule has 0 saturated heterocycles. The summed E-state index contributed by atoms with van der Waals surface area (Å²) < 4.78 is 10.2. The van der Waals surface area contributed by atoms with Crippen LogP contribution in [0.25, 0.3) is 11.1 Å². The number of rotatable bonds is 3. The molecular formula is C16H13N5O5. The summed E-state index contributed by atoms with van der Waals surface area (Å²) in [5, 5.41) is 9.22. The predicted molar refractivity (Wildman–Crippen MR) is 88.9 cm³/mol. The zero-order valence-electron chi connectivity index (χ0n) is 13.6. The van der Waals surface area contributed by atoms with E-state index in [4.69, 9.17) is 9.26 Å². The predicted octanol–water partition coefficient (Wildman–Crippen LogP) is 0.480. The number of hydrogen-bond donors (Lipinski definition) is 3. The standard InChI is InChI=1S/C16H13N5O5/c1-7-12-14(23)19-13(20-16(12)26-21-7)15(24)17-5-8-2-3-10-9(4-8)18-11(22)6-25-10/h2-4H,5-6H2,1H3,(H,17,24)(H,18,22)(H,19,20,23). The molecule has 2 amide bonds. The Labute approximate surface area is 145 Å². The molecule has 3 aromatic rings. The Balaban J connectivity index is 1.51. The van der Waals surface area contributed by atoms with E-state index in [1.165, 1.54) is 0 Å². The molecule has 4 rings (SSSR count). The summed E-state index contributed by atoms with van der Waals surface area (Å²) >= 11 is 0. The third-order valence-corrected chi connectivity index (χ3v) is 3.86. The molecule has 0 saturated carbocycles. The number of aromatic amines is 1. The molecule has 0 unspecified atom stereocenters. The Morgan fingerprint density at radius 3 is 3.04 bits per heavy atom. The third-order valence-electron chi connectivity index (χ3n) is 3.86. The Kier molecular flexibility index (Phi) is 3.64. The van der Waals surface area contributed by atoms with Gasteiger partial charge >= 0.3 is 0 Å². The van der Waals surface area contributed by atoms with Gasteiger partial charge in [-0.05, 0) is 24.6 Å². The Hall–Kier alpha value is -3.69. The average molecular weight is 355 g/mol. The van der Waals surface area contributed by atoms with Crippen LogP contribution in [-0.2, 0) is 11.3 Å². The zero-order valence-corrected chi connectivity index (χ0v) is 13.6. The fraction of sp³-hybridized carbons (Fsp3) is 0.188. The molecule has 1 aromatic carbocycles. The van der Waals surface area contributed by atoms with E-state index in [1.807, 2.05) is 0 Å². The van der Waals surface area contributed by atoms with Crippen LogP contribution in [0.5, 0.6) is 5.75 Å². The van der Waals surface area contributed by atoms with E-state index in [0.717, 1.165) is 5.56 Å². The van der Waals surface area contributed by atoms with Crippen LogP contribution in [0.1, 0.15) is 21.9 Å². The maximum atomic E-state index is 12.3. The number of hydrogen-bond acceptors (Lipinski definition) is 7. The summed E-state index contributed by atoms with van der Waals surface area (Å²) in [6.07, 6.45) is 0. The second kappa shape index (κ2) is 5.99. The van der Waals surface area contributed by atoms with E-state index in [0.29, 0.717) is 17.1 Å². The minimum absolute atomic E-state index is 0.00467. The molecule has 10 heteroatoms. The maximum Gasteiger partial charge on any atom is 0.287 e.